The molecule has 0 fully saturated rings. The normalized spacial score (nSPS) is 12.5. The van der Waals surface area contributed by atoms with Crippen molar-refractivity contribution in [2.24, 2.45) is 0 Å². The smallest absolute Gasteiger partial charge is 0.322 e. The first-order valence-corrected chi connectivity index (χ1v) is 9.40. The zero-order valence-corrected chi connectivity index (χ0v) is 16.5. The van der Waals surface area contributed by atoms with Crippen LogP contribution in [0.5, 0.6) is 5.75 Å². The maximum absolute atomic E-state index is 13.1. The number of aryl methyl sites for hydroxylation is 1. The Balaban J connectivity index is 1.76. The molecule has 0 radical (unpaired) electrons. The fourth-order valence-electron chi connectivity index (χ4n) is 3.37. The van der Waals surface area contributed by atoms with E-state index in [0.717, 1.165) is 5.69 Å². The first-order valence-electron chi connectivity index (χ1n) is 9.40. The minimum atomic E-state index is -1.27. The van der Waals surface area contributed by atoms with Gasteiger partial charge in [-0.3, -0.25) is 14.4 Å². The van der Waals surface area contributed by atoms with E-state index in [2.05, 4.69) is 15.5 Å². The molecule has 31 heavy (non-hydrogen) atoms. The zero-order valence-electron chi connectivity index (χ0n) is 16.5. The Labute approximate surface area is 175 Å². The predicted octanol–water partition coefficient (Wildman–Crippen LogP) is 0.336. The minimum Gasteiger partial charge on any atom is -0.506 e. The Hall–Kier alpha value is -3.99. The van der Waals surface area contributed by atoms with Gasteiger partial charge in [0.25, 0.3) is 11.5 Å². The van der Waals surface area contributed by atoms with Gasteiger partial charge in [-0.2, -0.15) is 15.0 Å². The van der Waals surface area contributed by atoms with E-state index in [0.29, 0.717) is 22.6 Å². The lowest BCUT2D eigenvalue weighted by molar-refractivity contribution is -0.135. The largest absolute Gasteiger partial charge is 0.506 e. The van der Waals surface area contributed by atoms with Gasteiger partial charge in [0.05, 0.1) is 36.8 Å². The predicted molar refractivity (Wildman–Crippen MR) is 106 cm³/mol. The lowest BCUT2D eigenvalue weighted by Gasteiger charge is -2.14. The second-order valence-corrected chi connectivity index (χ2v) is 6.97. The van der Waals surface area contributed by atoms with Gasteiger partial charge in [0.2, 0.25) is 0 Å². The Kier molecular flexibility index (Phi) is 5.26. The zero-order chi connectivity index (χ0) is 22.1. The van der Waals surface area contributed by atoms with Crippen LogP contribution in [0, 0.1) is 6.92 Å². The number of carboxylic acid groups (broad SMARTS) is 1. The van der Waals surface area contributed by atoms with E-state index in [4.69, 9.17) is 9.84 Å². The van der Waals surface area contributed by atoms with Gasteiger partial charge in [0, 0.05) is 5.56 Å². The molecule has 0 aliphatic carbocycles. The van der Waals surface area contributed by atoms with Crippen LogP contribution < -0.4 is 10.9 Å². The van der Waals surface area contributed by atoms with Gasteiger partial charge < -0.3 is 24.8 Å². The number of hydrogen-bond acceptors (Lipinski definition) is 7. The van der Waals surface area contributed by atoms with Gasteiger partial charge in [-0.1, -0.05) is 18.2 Å². The van der Waals surface area contributed by atoms with Crippen LogP contribution in [0.1, 0.15) is 33.0 Å². The number of aromatic nitrogens is 4. The molecule has 0 saturated carbocycles. The molecule has 4 rings (SSSR count). The van der Waals surface area contributed by atoms with Crippen molar-refractivity contribution >= 4 is 11.9 Å². The second kappa shape index (κ2) is 8.03. The molecule has 1 aromatic carbocycles. The summed E-state index contributed by atoms with van der Waals surface area (Å²) in [6.07, 6.45) is 0. The Morgan fingerprint density at radius 1 is 1.19 bits per heavy atom. The number of carboxylic acids is 1. The van der Waals surface area contributed by atoms with Gasteiger partial charge in [0.1, 0.15) is 23.6 Å². The average Bonchev–Trinajstić information content (AvgIpc) is 3.37. The number of fused-ring (bicyclic) bond motifs is 1. The Bertz CT molecular complexity index is 1230. The van der Waals surface area contributed by atoms with E-state index in [1.807, 2.05) is 30.3 Å². The van der Waals surface area contributed by atoms with Crippen LogP contribution in [0.15, 0.2) is 35.1 Å². The third-order valence-electron chi connectivity index (χ3n) is 4.94. The monoisotopic (exact) mass is 425 g/mol. The van der Waals surface area contributed by atoms with Crippen molar-refractivity contribution in [2.45, 2.75) is 26.7 Å². The first-order chi connectivity index (χ1) is 14.9. The fraction of sp³-hybridized carbons (Fsp3) is 0.250. The van der Waals surface area contributed by atoms with Gasteiger partial charge in [0.15, 0.2) is 0 Å². The summed E-state index contributed by atoms with van der Waals surface area (Å²) in [7, 11) is 0. The van der Waals surface area contributed by atoms with E-state index >= 15 is 0 Å². The molecule has 0 unspecified atom stereocenters. The molecule has 0 atom stereocenters. The summed E-state index contributed by atoms with van der Waals surface area (Å²) >= 11 is 0. The maximum Gasteiger partial charge on any atom is 0.322 e. The SMILES string of the molecule is Cc1nn(-c2ccccc2)nc1Cn1c2c(c(O)c(C(=O)NCC(=O)O)c1=O)COC2. The molecule has 11 nitrogen and oxygen atoms in total. The molecule has 0 spiro atoms. The highest BCUT2D eigenvalue weighted by atomic mass is 16.5. The summed E-state index contributed by atoms with van der Waals surface area (Å²) in [5, 5.41) is 30.2. The molecular formula is C20H19N5O6. The molecule has 1 amide bonds. The number of nitrogens with zero attached hydrogens (tertiary/aromatic N) is 4. The number of ether oxygens (including phenoxy) is 1. The summed E-state index contributed by atoms with van der Waals surface area (Å²) in [5.74, 6) is -2.75. The van der Waals surface area contributed by atoms with Gasteiger partial charge >= 0.3 is 5.97 Å². The van der Waals surface area contributed by atoms with Crippen molar-refractivity contribution in [3.8, 4) is 11.4 Å². The summed E-state index contributed by atoms with van der Waals surface area (Å²) in [5.41, 5.74) is 1.30. The van der Waals surface area contributed by atoms with E-state index in [1.54, 1.807) is 6.92 Å². The number of hydrogen-bond donors (Lipinski definition) is 3. The molecule has 160 valence electrons. The molecule has 0 saturated heterocycles. The maximum atomic E-state index is 13.1. The lowest BCUT2D eigenvalue weighted by atomic mass is 10.1. The third kappa shape index (κ3) is 3.78. The molecule has 0 bridgehead atoms. The molecule has 3 heterocycles. The van der Waals surface area contributed by atoms with Crippen molar-refractivity contribution in [2.75, 3.05) is 6.54 Å². The Morgan fingerprint density at radius 3 is 2.65 bits per heavy atom. The van der Waals surface area contributed by atoms with Crippen molar-refractivity contribution in [3.05, 3.63) is 68.9 Å². The molecule has 2 aromatic heterocycles. The average molecular weight is 425 g/mol. The van der Waals surface area contributed by atoms with Crippen LogP contribution in [-0.2, 0) is 29.3 Å². The number of para-hydroxylation sites is 1. The standard InChI is InChI=1S/C20H19N5O6/c1-11-14(23-25(22-11)12-5-3-2-4-6-12)8-24-15-10-31-9-13(15)18(28)17(20(24)30)19(29)21-7-16(26)27/h2-6,28H,7-10H2,1H3,(H,21,29)(H,26,27). The third-order valence-corrected chi connectivity index (χ3v) is 4.94. The number of aliphatic carboxylic acids is 1. The summed E-state index contributed by atoms with van der Waals surface area (Å²) in [6.45, 7) is 1.18. The number of carbonyl (C=O) groups excluding carboxylic acids is 1. The van der Waals surface area contributed by atoms with Crippen LogP contribution in [0.25, 0.3) is 5.69 Å². The van der Waals surface area contributed by atoms with Gasteiger partial charge in [-0.05, 0) is 19.1 Å². The minimum absolute atomic E-state index is 0.00266. The van der Waals surface area contributed by atoms with Crippen LogP contribution in [0.4, 0.5) is 0 Å². The quantitative estimate of drug-likeness (QED) is 0.512. The molecule has 1 aliphatic rings. The van der Waals surface area contributed by atoms with E-state index in [-0.39, 0.29) is 19.8 Å². The lowest BCUT2D eigenvalue weighted by Crippen LogP contribution is -2.37. The number of benzene rings is 1. The van der Waals surface area contributed by atoms with Crippen LogP contribution in [0.3, 0.4) is 0 Å². The number of aromatic hydroxyl groups is 1. The van der Waals surface area contributed by atoms with Crippen LogP contribution >= 0.6 is 0 Å². The van der Waals surface area contributed by atoms with Gasteiger partial charge in [-0.15, -0.1) is 0 Å². The molecule has 3 N–H and O–H groups in total. The number of nitrogens with one attached hydrogen (secondary N) is 1. The number of carbonyl (C=O) groups is 2. The number of amides is 1. The molecule has 11 heteroatoms. The fourth-order valence-corrected chi connectivity index (χ4v) is 3.37. The number of pyridine rings is 1. The molecular weight excluding hydrogens is 406 g/mol. The van der Waals surface area contributed by atoms with E-state index < -0.39 is 35.3 Å². The van der Waals surface area contributed by atoms with Crippen LogP contribution in [0.2, 0.25) is 0 Å². The van der Waals surface area contributed by atoms with Crippen LogP contribution in [-0.4, -0.2) is 48.2 Å². The van der Waals surface area contributed by atoms with E-state index in [9.17, 15) is 19.5 Å². The summed E-state index contributed by atoms with van der Waals surface area (Å²) in [4.78, 5) is 37.8. The van der Waals surface area contributed by atoms with Gasteiger partial charge in [-0.25, -0.2) is 0 Å². The molecule has 1 aliphatic heterocycles. The van der Waals surface area contributed by atoms with E-state index in [1.165, 1.54) is 9.36 Å². The second-order valence-electron chi connectivity index (χ2n) is 6.97. The Morgan fingerprint density at radius 2 is 1.94 bits per heavy atom. The topological polar surface area (TPSA) is 149 Å². The van der Waals surface area contributed by atoms with Crippen molar-refractivity contribution in [3.63, 3.8) is 0 Å². The summed E-state index contributed by atoms with van der Waals surface area (Å²) in [6, 6.07) is 9.25. The first kappa shape index (κ1) is 20.3. The van der Waals surface area contributed by atoms with Crippen molar-refractivity contribution in [1.82, 2.24) is 24.9 Å². The van der Waals surface area contributed by atoms with Crippen molar-refractivity contribution < 1.29 is 24.5 Å². The highest BCUT2D eigenvalue weighted by molar-refractivity contribution is 5.98. The van der Waals surface area contributed by atoms with Crippen molar-refractivity contribution in [1.29, 1.82) is 0 Å². The summed E-state index contributed by atoms with van der Waals surface area (Å²) < 4.78 is 6.69. The number of rotatable bonds is 6. The highest BCUT2D eigenvalue weighted by Gasteiger charge is 2.29. The highest BCUT2D eigenvalue weighted by Crippen LogP contribution is 2.30. The molecule has 3 aromatic rings.